The predicted octanol–water partition coefficient (Wildman–Crippen LogP) is 3.74. The van der Waals surface area contributed by atoms with Gasteiger partial charge in [-0.25, -0.2) is 4.39 Å². The highest BCUT2D eigenvalue weighted by atomic mass is 19.1. The van der Waals surface area contributed by atoms with Crippen molar-refractivity contribution >= 4 is 17.7 Å². The normalized spacial score (nSPS) is 24.7. The summed E-state index contributed by atoms with van der Waals surface area (Å²) in [4.78, 5) is 43.3. The maximum absolute atomic E-state index is 15.8. The molecule has 4 aliphatic heterocycles. The van der Waals surface area contributed by atoms with Crippen LogP contribution in [0.2, 0.25) is 0 Å². The number of amides is 3. The van der Waals surface area contributed by atoms with Gasteiger partial charge in [0.2, 0.25) is 11.8 Å². The molecule has 3 unspecified atom stereocenters. The number of rotatable bonds is 6. The Morgan fingerprint density at radius 1 is 0.829 bits per heavy atom. The summed E-state index contributed by atoms with van der Waals surface area (Å²) in [6.07, 6.45) is 0.443. The van der Waals surface area contributed by atoms with E-state index in [1.807, 2.05) is 0 Å². The van der Waals surface area contributed by atoms with E-state index in [4.69, 9.17) is 0 Å². The van der Waals surface area contributed by atoms with Crippen molar-refractivity contribution in [2.45, 2.75) is 38.0 Å². The van der Waals surface area contributed by atoms with Crippen LogP contribution in [0.3, 0.4) is 0 Å². The standard InChI is InChI=1S/C33H33FN4O3/c34-30-23(11-12-26-27(30)20-38(33(26)41)28-13-14-29(39)35-32(28)40)15-36-16-24-18-37(19-25(24)17-36)31(21-7-3-1-4-8-21)22-9-5-2-6-10-22/h1-12,24-25,28,31H,13-20H2,(H,35,39,40). The predicted molar refractivity (Wildman–Crippen MR) is 151 cm³/mol. The van der Waals surface area contributed by atoms with Crippen LogP contribution in [0.15, 0.2) is 72.8 Å². The maximum Gasteiger partial charge on any atom is 0.255 e. The number of imide groups is 1. The van der Waals surface area contributed by atoms with Crippen LogP contribution in [-0.4, -0.2) is 64.6 Å². The Morgan fingerprint density at radius 3 is 2.07 bits per heavy atom. The number of hydrogen-bond donors (Lipinski definition) is 1. The molecule has 41 heavy (non-hydrogen) atoms. The minimum absolute atomic E-state index is 0.0562. The molecule has 0 saturated carbocycles. The van der Waals surface area contributed by atoms with Gasteiger partial charge in [0.05, 0.1) is 12.6 Å². The van der Waals surface area contributed by atoms with Gasteiger partial charge in [0, 0.05) is 55.8 Å². The van der Waals surface area contributed by atoms with E-state index in [1.54, 1.807) is 12.1 Å². The number of fused-ring (bicyclic) bond motifs is 2. The highest BCUT2D eigenvalue weighted by molar-refractivity contribution is 6.05. The smallest absolute Gasteiger partial charge is 0.255 e. The van der Waals surface area contributed by atoms with Crippen molar-refractivity contribution < 1.29 is 18.8 Å². The molecular formula is C33H33FN4O3. The molecule has 210 valence electrons. The molecule has 0 radical (unpaired) electrons. The fourth-order valence-corrected chi connectivity index (χ4v) is 7.37. The third-order valence-electron chi connectivity index (χ3n) is 9.31. The van der Waals surface area contributed by atoms with Crippen LogP contribution in [0.4, 0.5) is 4.39 Å². The molecule has 4 heterocycles. The first-order valence-corrected chi connectivity index (χ1v) is 14.5. The van der Waals surface area contributed by atoms with E-state index in [0.717, 1.165) is 26.2 Å². The number of carbonyl (C=O) groups is 3. The minimum Gasteiger partial charge on any atom is -0.322 e. The van der Waals surface area contributed by atoms with E-state index < -0.39 is 11.9 Å². The molecule has 3 fully saturated rings. The molecule has 3 amide bonds. The van der Waals surface area contributed by atoms with E-state index >= 15 is 4.39 Å². The highest BCUT2D eigenvalue weighted by Crippen LogP contribution is 2.39. The molecule has 7 rings (SSSR count). The van der Waals surface area contributed by atoms with Gasteiger partial charge in [-0.1, -0.05) is 66.7 Å². The van der Waals surface area contributed by atoms with Gasteiger partial charge >= 0.3 is 0 Å². The summed E-state index contributed by atoms with van der Waals surface area (Å²) in [7, 11) is 0. The van der Waals surface area contributed by atoms with E-state index in [2.05, 4.69) is 75.8 Å². The second-order valence-corrected chi connectivity index (χ2v) is 11.9. The molecule has 3 saturated heterocycles. The Kier molecular flexibility index (Phi) is 6.67. The molecule has 3 atom stereocenters. The Balaban J connectivity index is 1.03. The lowest BCUT2D eigenvalue weighted by Gasteiger charge is -2.30. The van der Waals surface area contributed by atoms with E-state index in [0.29, 0.717) is 35.1 Å². The van der Waals surface area contributed by atoms with Crippen LogP contribution in [0.1, 0.15) is 51.5 Å². The summed E-state index contributed by atoms with van der Waals surface area (Å²) in [6.45, 7) is 4.38. The van der Waals surface area contributed by atoms with Crippen molar-refractivity contribution in [3.8, 4) is 0 Å². The lowest BCUT2D eigenvalue weighted by molar-refractivity contribution is -0.136. The molecule has 0 aliphatic carbocycles. The summed E-state index contributed by atoms with van der Waals surface area (Å²) >= 11 is 0. The number of benzene rings is 3. The van der Waals surface area contributed by atoms with E-state index in [1.165, 1.54) is 16.0 Å². The van der Waals surface area contributed by atoms with Crippen molar-refractivity contribution in [2.24, 2.45) is 11.8 Å². The van der Waals surface area contributed by atoms with Crippen molar-refractivity contribution in [3.63, 3.8) is 0 Å². The molecule has 4 aliphatic rings. The minimum atomic E-state index is -0.744. The van der Waals surface area contributed by atoms with Gasteiger partial charge in [-0.05, 0) is 35.4 Å². The van der Waals surface area contributed by atoms with Crippen LogP contribution in [0.5, 0.6) is 0 Å². The van der Waals surface area contributed by atoms with Crippen molar-refractivity contribution in [1.29, 1.82) is 0 Å². The summed E-state index contributed by atoms with van der Waals surface area (Å²) in [5.41, 5.74) is 3.87. The number of halogens is 1. The highest BCUT2D eigenvalue weighted by Gasteiger charge is 2.44. The summed E-state index contributed by atoms with van der Waals surface area (Å²) in [6, 6.07) is 24.3. The number of likely N-dealkylation sites (tertiary alicyclic amines) is 2. The number of nitrogens with zero attached hydrogens (tertiary/aromatic N) is 3. The first-order chi connectivity index (χ1) is 20.0. The second-order valence-electron chi connectivity index (χ2n) is 11.9. The van der Waals surface area contributed by atoms with Gasteiger partial charge in [0.1, 0.15) is 11.9 Å². The fraction of sp³-hybridized carbons (Fsp3) is 0.364. The lowest BCUT2D eigenvalue weighted by Crippen LogP contribution is -2.52. The molecule has 1 N–H and O–H groups in total. The Bertz CT molecular complexity index is 1440. The Morgan fingerprint density at radius 2 is 1.46 bits per heavy atom. The van der Waals surface area contributed by atoms with Gasteiger partial charge in [-0.3, -0.25) is 29.5 Å². The Labute approximate surface area is 238 Å². The van der Waals surface area contributed by atoms with E-state index in [9.17, 15) is 14.4 Å². The SMILES string of the molecule is O=C1CCC(N2Cc3c(ccc(CN4CC5CN(C(c6ccccc6)c6ccccc6)CC5C4)c3F)C2=O)C(=O)N1. The van der Waals surface area contributed by atoms with Crippen LogP contribution in [0.25, 0.3) is 0 Å². The van der Waals surface area contributed by atoms with Gasteiger partial charge < -0.3 is 4.90 Å². The molecule has 0 bridgehead atoms. The summed E-state index contributed by atoms with van der Waals surface area (Å²) in [5, 5.41) is 2.30. The van der Waals surface area contributed by atoms with Crippen LogP contribution < -0.4 is 5.32 Å². The monoisotopic (exact) mass is 552 g/mol. The van der Waals surface area contributed by atoms with Crippen molar-refractivity contribution in [3.05, 3.63) is 106 Å². The molecule has 0 spiro atoms. The topological polar surface area (TPSA) is 73.0 Å². The molecule has 3 aromatic carbocycles. The average Bonchev–Trinajstić information content (AvgIpc) is 3.64. The third-order valence-corrected chi connectivity index (χ3v) is 9.31. The first kappa shape index (κ1) is 26.0. The zero-order valence-electron chi connectivity index (χ0n) is 22.8. The maximum atomic E-state index is 15.8. The van der Waals surface area contributed by atoms with Gasteiger partial charge in [0.15, 0.2) is 0 Å². The Hall–Kier alpha value is -3.88. The van der Waals surface area contributed by atoms with Crippen molar-refractivity contribution in [2.75, 3.05) is 26.2 Å². The summed E-state index contributed by atoms with van der Waals surface area (Å²) < 4.78 is 15.8. The van der Waals surface area contributed by atoms with Crippen LogP contribution >= 0.6 is 0 Å². The molecule has 8 heteroatoms. The number of piperidine rings is 1. The quantitative estimate of drug-likeness (QED) is 0.472. The molecular weight excluding hydrogens is 519 g/mol. The number of nitrogens with one attached hydrogen (secondary N) is 1. The van der Waals surface area contributed by atoms with E-state index in [-0.39, 0.29) is 43.1 Å². The van der Waals surface area contributed by atoms with Gasteiger partial charge in [0.25, 0.3) is 5.91 Å². The largest absolute Gasteiger partial charge is 0.322 e. The molecule has 0 aromatic heterocycles. The van der Waals surface area contributed by atoms with Crippen LogP contribution in [-0.2, 0) is 22.7 Å². The number of carbonyl (C=O) groups excluding carboxylic acids is 3. The van der Waals surface area contributed by atoms with Gasteiger partial charge in [-0.15, -0.1) is 0 Å². The fourth-order valence-electron chi connectivity index (χ4n) is 7.37. The molecule has 3 aromatic rings. The number of hydrogen-bond acceptors (Lipinski definition) is 5. The first-order valence-electron chi connectivity index (χ1n) is 14.5. The van der Waals surface area contributed by atoms with Crippen molar-refractivity contribution in [1.82, 2.24) is 20.0 Å². The van der Waals surface area contributed by atoms with Gasteiger partial charge in [-0.2, -0.15) is 0 Å². The average molecular weight is 553 g/mol. The lowest BCUT2D eigenvalue weighted by atomic mass is 9.97. The zero-order valence-corrected chi connectivity index (χ0v) is 22.8. The third kappa shape index (κ3) is 4.75. The zero-order chi connectivity index (χ0) is 28.1. The molecule has 7 nitrogen and oxygen atoms in total. The summed E-state index contributed by atoms with van der Waals surface area (Å²) in [5.74, 6) is -0.473. The van der Waals surface area contributed by atoms with Crippen LogP contribution in [0, 0.1) is 17.7 Å². The second kappa shape index (κ2) is 10.5.